The van der Waals surface area contributed by atoms with Crippen molar-refractivity contribution in [1.29, 1.82) is 0 Å². The molecule has 14 heavy (non-hydrogen) atoms. The molecule has 1 aliphatic rings. The van der Waals surface area contributed by atoms with Crippen LogP contribution in [0.5, 0.6) is 0 Å². The van der Waals surface area contributed by atoms with Crippen LogP contribution in [0.4, 0.5) is 11.4 Å². The summed E-state index contributed by atoms with van der Waals surface area (Å²) in [6, 6.07) is 6.14. The van der Waals surface area contributed by atoms with E-state index in [0.717, 1.165) is 31.8 Å². The van der Waals surface area contributed by atoms with Crippen molar-refractivity contribution in [3.8, 4) is 0 Å². The van der Waals surface area contributed by atoms with E-state index in [9.17, 15) is 0 Å². The largest absolute Gasteiger partial charge is 0.399 e. The highest BCUT2D eigenvalue weighted by molar-refractivity contribution is 5.62. The average molecular weight is 192 g/mol. The monoisotopic (exact) mass is 192 g/mol. The van der Waals surface area contributed by atoms with Gasteiger partial charge in [0.1, 0.15) is 0 Å². The van der Waals surface area contributed by atoms with E-state index in [4.69, 9.17) is 10.5 Å². The number of hydrogen-bond acceptors (Lipinski definition) is 3. The van der Waals surface area contributed by atoms with Gasteiger partial charge in [-0.1, -0.05) is 0 Å². The smallest absolute Gasteiger partial charge is 0.0637 e. The number of nitrogens with two attached hydrogens (primary N) is 1. The van der Waals surface area contributed by atoms with Crippen LogP contribution in [0.25, 0.3) is 0 Å². The number of hydrogen-bond donors (Lipinski definition) is 1. The lowest BCUT2D eigenvalue weighted by atomic mass is 10.1. The number of methoxy groups -OCH3 is 1. The summed E-state index contributed by atoms with van der Waals surface area (Å²) in [6.45, 7) is 2.83. The zero-order valence-electron chi connectivity index (χ0n) is 8.49. The summed E-state index contributed by atoms with van der Waals surface area (Å²) in [5.41, 5.74) is 9.27. The Morgan fingerprint density at radius 3 is 3.14 bits per heavy atom. The van der Waals surface area contributed by atoms with Crippen LogP contribution in [0.2, 0.25) is 0 Å². The summed E-state index contributed by atoms with van der Waals surface area (Å²) in [6.07, 6.45) is 1.10. The molecular weight excluding hydrogens is 176 g/mol. The number of nitrogen functional groups attached to an aromatic ring is 1. The molecule has 0 aromatic heterocycles. The molecule has 2 rings (SSSR count). The number of rotatable bonds is 3. The topological polar surface area (TPSA) is 38.5 Å². The SMILES string of the molecule is COCCN1CCc2cc(N)ccc21. The van der Waals surface area contributed by atoms with Crippen molar-refractivity contribution in [2.45, 2.75) is 6.42 Å². The van der Waals surface area contributed by atoms with Gasteiger partial charge in [-0.15, -0.1) is 0 Å². The number of benzene rings is 1. The molecule has 0 saturated heterocycles. The number of anilines is 2. The van der Waals surface area contributed by atoms with Crippen LogP contribution in [-0.4, -0.2) is 26.8 Å². The molecule has 0 fully saturated rings. The van der Waals surface area contributed by atoms with E-state index in [1.54, 1.807) is 7.11 Å². The van der Waals surface area contributed by atoms with Gasteiger partial charge in [0.25, 0.3) is 0 Å². The molecule has 0 radical (unpaired) electrons. The maximum absolute atomic E-state index is 5.73. The molecule has 2 N–H and O–H groups in total. The van der Waals surface area contributed by atoms with Crippen molar-refractivity contribution in [2.24, 2.45) is 0 Å². The second kappa shape index (κ2) is 3.88. The Morgan fingerprint density at radius 1 is 1.50 bits per heavy atom. The van der Waals surface area contributed by atoms with E-state index in [1.807, 2.05) is 6.07 Å². The lowest BCUT2D eigenvalue weighted by Crippen LogP contribution is -2.24. The van der Waals surface area contributed by atoms with Crippen molar-refractivity contribution in [1.82, 2.24) is 0 Å². The summed E-state index contributed by atoms with van der Waals surface area (Å²) in [4.78, 5) is 2.35. The fourth-order valence-corrected chi connectivity index (χ4v) is 1.92. The Hall–Kier alpha value is -1.22. The van der Waals surface area contributed by atoms with E-state index < -0.39 is 0 Å². The number of fused-ring (bicyclic) bond motifs is 1. The summed E-state index contributed by atoms with van der Waals surface area (Å²) in [7, 11) is 1.74. The third-order valence-electron chi connectivity index (χ3n) is 2.66. The molecule has 0 spiro atoms. The first-order valence-corrected chi connectivity index (χ1v) is 4.93. The minimum Gasteiger partial charge on any atom is -0.399 e. The van der Waals surface area contributed by atoms with Gasteiger partial charge in [0.2, 0.25) is 0 Å². The van der Waals surface area contributed by atoms with E-state index in [-0.39, 0.29) is 0 Å². The zero-order valence-corrected chi connectivity index (χ0v) is 8.49. The fraction of sp³-hybridized carbons (Fsp3) is 0.455. The normalized spacial score (nSPS) is 14.5. The Bertz CT molecular complexity index is 325. The third-order valence-corrected chi connectivity index (χ3v) is 2.66. The van der Waals surface area contributed by atoms with Crippen molar-refractivity contribution >= 4 is 11.4 Å². The van der Waals surface area contributed by atoms with Crippen LogP contribution < -0.4 is 10.6 Å². The molecule has 76 valence electrons. The van der Waals surface area contributed by atoms with E-state index in [1.165, 1.54) is 11.3 Å². The van der Waals surface area contributed by atoms with Crippen LogP contribution >= 0.6 is 0 Å². The average Bonchev–Trinajstić information content (AvgIpc) is 2.57. The highest BCUT2D eigenvalue weighted by Crippen LogP contribution is 2.28. The molecule has 1 heterocycles. The Kier molecular flexibility index (Phi) is 2.59. The van der Waals surface area contributed by atoms with Gasteiger partial charge >= 0.3 is 0 Å². The maximum Gasteiger partial charge on any atom is 0.0637 e. The molecule has 3 heteroatoms. The first kappa shape index (κ1) is 9.34. The zero-order chi connectivity index (χ0) is 9.97. The standard InChI is InChI=1S/C11H16N2O/c1-14-7-6-13-5-4-9-8-10(12)2-3-11(9)13/h2-3,8H,4-7,12H2,1H3. The first-order valence-electron chi connectivity index (χ1n) is 4.93. The van der Waals surface area contributed by atoms with Gasteiger partial charge in [0, 0.05) is 31.6 Å². The second-order valence-electron chi connectivity index (χ2n) is 3.62. The Labute approximate surface area is 84.5 Å². The molecule has 3 nitrogen and oxygen atoms in total. The Morgan fingerprint density at radius 2 is 2.36 bits per heavy atom. The maximum atomic E-state index is 5.73. The van der Waals surface area contributed by atoms with Gasteiger partial charge in [0.05, 0.1) is 6.61 Å². The van der Waals surface area contributed by atoms with Gasteiger partial charge in [-0.05, 0) is 30.2 Å². The minimum absolute atomic E-state index is 0.782. The van der Waals surface area contributed by atoms with Gasteiger partial charge in [-0.25, -0.2) is 0 Å². The molecule has 0 atom stereocenters. The first-order chi connectivity index (χ1) is 6.81. The van der Waals surface area contributed by atoms with Gasteiger partial charge in [-0.2, -0.15) is 0 Å². The molecule has 1 aliphatic heterocycles. The van der Waals surface area contributed by atoms with Crippen molar-refractivity contribution in [3.63, 3.8) is 0 Å². The summed E-state index contributed by atoms with van der Waals surface area (Å²) >= 11 is 0. The van der Waals surface area contributed by atoms with Gasteiger partial charge in [0.15, 0.2) is 0 Å². The molecule has 0 unspecified atom stereocenters. The minimum atomic E-state index is 0.782. The van der Waals surface area contributed by atoms with Crippen LogP contribution in [-0.2, 0) is 11.2 Å². The number of nitrogens with zero attached hydrogens (tertiary/aromatic N) is 1. The predicted octanol–water partition coefficient (Wildman–Crippen LogP) is 1.28. The predicted molar refractivity (Wildman–Crippen MR) is 58.6 cm³/mol. The van der Waals surface area contributed by atoms with Crippen LogP contribution in [0.3, 0.4) is 0 Å². The summed E-state index contributed by atoms with van der Waals surface area (Å²) < 4.78 is 5.08. The highest BCUT2D eigenvalue weighted by atomic mass is 16.5. The van der Waals surface area contributed by atoms with Gasteiger partial charge < -0.3 is 15.4 Å². The molecule has 1 aromatic carbocycles. The summed E-state index contributed by atoms with van der Waals surface area (Å²) in [5, 5.41) is 0. The van der Waals surface area contributed by atoms with Crippen molar-refractivity contribution < 1.29 is 4.74 Å². The van der Waals surface area contributed by atoms with E-state index >= 15 is 0 Å². The molecule has 1 aromatic rings. The molecule has 0 saturated carbocycles. The van der Waals surface area contributed by atoms with E-state index in [0.29, 0.717) is 0 Å². The van der Waals surface area contributed by atoms with Crippen LogP contribution in [0.15, 0.2) is 18.2 Å². The Balaban J connectivity index is 2.14. The van der Waals surface area contributed by atoms with Crippen LogP contribution in [0.1, 0.15) is 5.56 Å². The number of ether oxygens (including phenoxy) is 1. The fourth-order valence-electron chi connectivity index (χ4n) is 1.92. The molecular formula is C11H16N2O. The lowest BCUT2D eigenvalue weighted by molar-refractivity contribution is 0.205. The van der Waals surface area contributed by atoms with Crippen molar-refractivity contribution in [2.75, 3.05) is 37.4 Å². The molecule has 0 bridgehead atoms. The lowest BCUT2D eigenvalue weighted by Gasteiger charge is -2.18. The van der Waals surface area contributed by atoms with E-state index in [2.05, 4.69) is 17.0 Å². The summed E-state index contributed by atoms with van der Waals surface area (Å²) in [5.74, 6) is 0. The van der Waals surface area contributed by atoms with Crippen LogP contribution in [0, 0.1) is 0 Å². The third kappa shape index (κ3) is 1.68. The molecule has 0 aliphatic carbocycles. The van der Waals surface area contributed by atoms with Crippen molar-refractivity contribution in [3.05, 3.63) is 23.8 Å². The second-order valence-corrected chi connectivity index (χ2v) is 3.62. The quantitative estimate of drug-likeness (QED) is 0.733. The highest BCUT2D eigenvalue weighted by Gasteiger charge is 2.17. The van der Waals surface area contributed by atoms with Gasteiger partial charge in [-0.3, -0.25) is 0 Å². The molecule has 0 amide bonds.